The Morgan fingerprint density at radius 3 is 2.68 bits per heavy atom. The molecule has 1 aliphatic carbocycles. The molecule has 0 bridgehead atoms. The van der Waals surface area contributed by atoms with Gasteiger partial charge in [-0.1, -0.05) is 35.5 Å². The van der Waals surface area contributed by atoms with Crippen molar-refractivity contribution < 1.29 is 22.8 Å². The minimum atomic E-state index is -4.40. The molecule has 1 aliphatic rings. The van der Waals surface area contributed by atoms with Gasteiger partial charge in [0.15, 0.2) is 5.76 Å². The number of fused-ring (bicyclic) bond motifs is 3. The molecule has 2 aromatic carbocycles. The highest BCUT2D eigenvalue weighted by Crippen LogP contribution is 2.40. The Bertz CT molecular complexity index is 944. The van der Waals surface area contributed by atoms with E-state index in [9.17, 15) is 18.3 Å². The fraction of sp³-hybridized carbons (Fsp3) is 0.211. The summed E-state index contributed by atoms with van der Waals surface area (Å²) in [5.74, 6) is 0.387. The van der Waals surface area contributed by atoms with E-state index in [1.165, 1.54) is 6.07 Å². The van der Waals surface area contributed by atoms with E-state index < -0.39 is 11.7 Å². The largest absolute Gasteiger partial charge is 0.416 e. The van der Waals surface area contributed by atoms with Crippen LogP contribution >= 0.6 is 0 Å². The molecule has 0 saturated heterocycles. The first kappa shape index (κ1) is 15.9. The summed E-state index contributed by atoms with van der Waals surface area (Å²) in [4.78, 5) is 0. The third-order valence-electron chi connectivity index (χ3n) is 4.49. The van der Waals surface area contributed by atoms with Crippen molar-refractivity contribution in [1.82, 2.24) is 5.16 Å². The first-order chi connectivity index (χ1) is 12.0. The normalized spacial score (nSPS) is 13.4. The lowest BCUT2D eigenvalue weighted by molar-refractivity contribution is -0.137. The van der Waals surface area contributed by atoms with E-state index in [1.54, 1.807) is 6.07 Å². The highest BCUT2D eigenvalue weighted by atomic mass is 19.4. The SMILES string of the molecule is OCc1ccc2c(c1)CCc1c-2noc1-c1cccc(C(F)(F)F)c1. The van der Waals surface area contributed by atoms with Gasteiger partial charge < -0.3 is 9.63 Å². The van der Waals surface area contributed by atoms with Crippen LogP contribution in [0.25, 0.3) is 22.6 Å². The number of rotatable bonds is 2. The van der Waals surface area contributed by atoms with Crippen molar-refractivity contribution in [3.63, 3.8) is 0 Å². The molecular weight excluding hydrogens is 331 g/mol. The number of nitrogens with zero attached hydrogens (tertiary/aromatic N) is 1. The van der Waals surface area contributed by atoms with Gasteiger partial charge in [-0.25, -0.2) is 0 Å². The first-order valence-corrected chi connectivity index (χ1v) is 7.86. The molecule has 1 N–H and O–H groups in total. The molecular formula is C19H14F3NO2. The van der Waals surface area contributed by atoms with Gasteiger partial charge >= 0.3 is 6.18 Å². The van der Waals surface area contributed by atoms with Gasteiger partial charge in [0.25, 0.3) is 0 Å². The first-order valence-electron chi connectivity index (χ1n) is 7.86. The minimum Gasteiger partial charge on any atom is -0.392 e. The van der Waals surface area contributed by atoms with Gasteiger partial charge in [0, 0.05) is 16.7 Å². The molecule has 1 aromatic heterocycles. The molecule has 3 aromatic rings. The number of hydrogen-bond acceptors (Lipinski definition) is 3. The molecule has 0 amide bonds. The molecule has 0 aliphatic heterocycles. The van der Waals surface area contributed by atoms with E-state index in [2.05, 4.69) is 5.16 Å². The van der Waals surface area contributed by atoms with Gasteiger partial charge in [-0.15, -0.1) is 0 Å². The maximum atomic E-state index is 13.0. The van der Waals surface area contributed by atoms with Crippen molar-refractivity contribution in [2.75, 3.05) is 0 Å². The summed E-state index contributed by atoms with van der Waals surface area (Å²) >= 11 is 0. The van der Waals surface area contributed by atoms with E-state index in [1.807, 2.05) is 18.2 Å². The number of aryl methyl sites for hydroxylation is 1. The van der Waals surface area contributed by atoms with Crippen LogP contribution in [0.3, 0.4) is 0 Å². The predicted octanol–water partition coefficient (Wildman–Crippen LogP) is 4.62. The standard InChI is InChI=1S/C19H14F3NO2/c20-19(21,22)14-3-1-2-13(9-14)18-16-7-5-12-8-11(10-24)4-6-15(12)17(16)23-25-18/h1-4,6,8-9,24H,5,7,10H2. The third kappa shape index (κ3) is 2.72. The highest BCUT2D eigenvalue weighted by molar-refractivity contribution is 5.76. The number of aliphatic hydroxyl groups is 1. The van der Waals surface area contributed by atoms with Crippen LogP contribution in [0.1, 0.15) is 22.3 Å². The van der Waals surface area contributed by atoms with Crippen LogP contribution in [0.15, 0.2) is 47.0 Å². The second kappa shape index (κ2) is 5.74. The van der Waals surface area contributed by atoms with E-state index in [0.29, 0.717) is 23.4 Å². The zero-order chi connectivity index (χ0) is 17.6. The molecule has 25 heavy (non-hydrogen) atoms. The Hall–Kier alpha value is -2.60. The molecule has 0 unspecified atom stereocenters. The van der Waals surface area contributed by atoms with Crippen molar-refractivity contribution >= 4 is 0 Å². The summed E-state index contributed by atoms with van der Waals surface area (Å²) in [6, 6.07) is 10.7. The smallest absolute Gasteiger partial charge is 0.392 e. The van der Waals surface area contributed by atoms with Gasteiger partial charge in [-0.2, -0.15) is 13.2 Å². The number of halogens is 3. The molecule has 128 valence electrons. The monoisotopic (exact) mass is 345 g/mol. The van der Waals surface area contributed by atoms with E-state index in [-0.39, 0.29) is 6.61 Å². The quantitative estimate of drug-likeness (QED) is 0.737. The van der Waals surface area contributed by atoms with Gasteiger partial charge in [0.05, 0.1) is 12.2 Å². The second-order valence-electron chi connectivity index (χ2n) is 6.07. The summed E-state index contributed by atoms with van der Waals surface area (Å²) < 4.78 is 44.3. The van der Waals surface area contributed by atoms with Gasteiger partial charge in [-0.05, 0) is 36.1 Å². The van der Waals surface area contributed by atoms with Crippen LogP contribution in [0.2, 0.25) is 0 Å². The molecule has 0 radical (unpaired) electrons. The molecule has 0 fully saturated rings. The average Bonchev–Trinajstić information content (AvgIpc) is 3.05. The van der Waals surface area contributed by atoms with Crippen molar-refractivity contribution in [2.24, 2.45) is 0 Å². The van der Waals surface area contributed by atoms with Gasteiger partial charge in [-0.3, -0.25) is 0 Å². The lowest BCUT2D eigenvalue weighted by Gasteiger charge is -2.16. The maximum absolute atomic E-state index is 13.0. The lowest BCUT2D eigenvalue weighted by Crippen LogP contribution is -2.06. The van der Waals surface area contributed by atoms with E-state index in [0.717, 1.165) is 40.8 Å². The summed E-state index contributed by atoms with van der Waals surface area (Å²) in [6.07, 6.45) is -3.04. The lowest BCUT2D eigenvalue weighted by atomic mass is 9.87. The van der Waals surface area contributed by atoms with E-state index in [4.69, 9.17) is 4.52 Å². The Morgan fingerprint density at radius 2 is 1.92 bits per heavy atom. The molecule has 3 nitrogen and oxygen atoms in total. The Kier molecular flexibility index (Phi) is 3.65. The number of aliphatic hydroxyl groups excluding tert-OH is 1. The molecule has 0 spiro atoms. The maximum Gasteiger partial charge on any atom is 0.416 e. The zero-order valence-electron chi connectivity index (χ0n) is 13.1. The zero-order valence-corrected chi connectivity index (χ0v) is 13.1. The Balaban J connectivity index is 1.80. The Labute approximate surface area is 141 Å². The molecule has 0 saturated carbocycles. The van der Waals surface area contributed by atoms with Crippen molar-refractivity contribution in [2.45, 2.75) is 25.6 Å². The molecule has 1 heterocycles. The van der Waals surface area contributed by atoms with Crippen molar-refractivity contribution in [1.29, 1.82) is 0 Å². The summed E-state index contributed by atoms with van der Waals surface area (Å²) in [7, 11) is 0. The predicted molar refractivity (Wildman–Crippen MR) is 85.7 cm³/mol. The number of alkyl halides is 3. The fourth-order valence-electron chi connectivity index (χ4n) is 3.26. The number of aromatic nitrogens is 1. The third-order valence-corrected chi connectivity index (χ3v) is 4.49. The second-order valence-corrected chi connectivity index (χ2v) is 6.07. The van der Waals surface area contributed by atoms with Crippen molar-refractivity contribution in [3.8, 4) is 22.6 Å². The minimum absolute atomic E-state index is 0.0333. The van der Waals surface area contributed by atoms with Crippen molar-refractivity contribution in [3.05, 3.63) is 64.7 Å². The number of hydrogen-bond donors (Lipinski definition) is 1. The van der Waals surface area contributed by atoms with Crippen LogP contribution in [0, 0.1) is 0 Å². The van der Waals surface area contributed by atoms with Crippen LogP contribution in [-0.4, -0.2) is 10.3 Å². The average molecular weight is 345 g/mol. The fourth-order valence-corrected chi connectivity index (χ4v) is 3.26. The van der Waals surface area contributed by atoms with E-state index >= 15 is 0 Å². The number of benzene rings is 2. The van der Waals surface area contributed by atoms with Crippen LogP contribution in [0.5, 0.6) is 0 Å². The molecule has 4 rings (SSSR count). The highest BCUT2D eigenvalue weighted by Gasteiger charge is 2.31. The molecule has 6 heteroatoms. The van der Waals surface area contributed by atoms with Gasteiger partial charge in [0.1, 0.15) is 5.69 Å². The van der Waals surface area contributed by atoms with Gasteiger partial charge in [0.2, 0.25) is 0 Å². The summed E-state index contributed by atoms with van der Waals surface area (Å²) in [5.41, 5.74) is 3.94. The summed E-state index contributed by atoms with van der Waals surface area (Å²) in [6.45, 7) is -0.0333. The Morgan fingerprint density at radius 1 is 1.08 bits per heavy atom. The van der Waals surface area contributed by atoms with Crippen LogP contribution in [-0.2, 0) is 25.6 Å². The molecule has 0 atom stereocenters. The topological polar surface area (TPSA) is 46.3 Å². The van der Waals surface area contributed by atoms with Crippen LogP contribution < -0.4 is 0 Å². The summed E-state index contributed by atoms with van der Waals surface area (Å²) in [5, 5.41) is 13.4. The van der Waals surface area contributed by atoms with Crippen LogP contribution in [0.4, 0.5) is 13.2 Å².